The standard InChI is InChI=1S/C18H16N4O2/c1-11(23)22-9-15-16(10-22)20-21-17(15)19-18(24)14-8-4-6-12-5-2-3-7-13(12)14/h2-8H,9-10H2,1H3,(H2,19,20,21,24). The molecule has 0 atom stereocenters. The van der Waals surface area contributed by atoms with Crippen LogP contribution in [0.5, 0.6) is 0 Å². The fourth-order valence-electron chi connectivity index (χ4n) is 3.06. The van der Waals surface area contributed by atoms with Crippen molar-refractivity contribution in [1.29, 1.82) is 0 Å². The predicted octanol–water partition coefficient (Wildman–Crippen LogP) is 2.68. The lowest BCUT2D eigenvalue weighted by molar-refractivity contribution is -0.129. The summed E-state index contributed by atoms with van der Waals surface area (Å²) in [7, 11) is 0. The summed E-state index contributed by atoms with van der Waals surface area (Å²) < 4.78 is 0. The third-order valence-corrected chi connectivity index (χ3v) is 4.36. The number of H-pyrrole nitrogens is 1. The first-order chi connectivity index (χ1) is 11.6. The van der Waals surface area contributed by atoms with Gasteiger partial charge in [-0.2, -0.15) is 5.10 Å². The van der Waals surface area contributed by atoms with E-state index < -0.39 is 0 Å². The Hall–Kier alpha value is -3.15. The zero-order chi connectivity index (χ0) is 16.7. The number of carbonyl (C=O) groups excluding carboxylic acids is 2. The molecule has 2 N–H and O–H groups in total. The topological polar surface area (TPSA) is 78.1 Å². The maximum atomic E-state index is 12.7. The lowest BCUT2D eigenvalue weighted by Crippen LogP contribution is -2.23. The molecule has 1 aliphatic heterocycles. The molecule has 0 unspecified atom stereocenters. The minimum atomic E-state index is -0.195. The van der Waals surface area contributed by atoms with Crippen molar-refractivity contribution in [2.75, 3.05) is 5.32 Å². The fourth-order valence-corrected chi connectivity index (χ4v) is 3.06. The third kappa shape index (κ3) is 2.32. The molecule has 0 radical (unpaired) electrons. The minimum Gasteiger partial charge on any atom is -0.332 e. The molecule has 0 bridgehead atoms. The quantitative estimate of drug-likeness (QED) is 0.762. The number of benzene rings is 2. The Morgan fingerprint density at radius 2 is 1.92 bits per heavy atom. The first kappa shape index (κ1) is 14.4. The molecule has 3 aromatic rings. The van der Waals surface area contributed by atoms with Gasteiger partial charge in [0.2, 0.25) is 5.91 Å². The number of hydrogen-bond acceptors (Lipinski definition) is 3. The van der Waals surface area contributed by atoms with Gasteiger partial charge in [0, 0.05) is 18.1 Å². The highest BCUT2D eigenvalue weighted by atomic mass is 16.2. The number of nitrogens with one attached hydrogen (secondary N) is 2. The Bertz CT molecular complexity index is 955. The highest BCUT2D eigenvalue weighted by Crippen LogP contribution is 2.28. The molecule has 2 heterocycles. The van der Waals surface area contributed by atoms with E-state index in [2.05, 4.69) is 15.5 Å². The summed E-state index contributed by atoms with van der Waals surface area (Å²) in [5, 5.41) is 11.9. The fraction of sp³-hybridized carbons (Fsp3) is 0.167. The zero-order valence-electron chi connectivity index (χ0n) is 13.2. The molecule has 4 rings (SSSR count). The van der Waals surface area contributed by atoms with Crippen molar-refractivity contribution in [1.82, 2.24) is 15.1 Å². The highest BCUT2D eigenvalue weighted by molar-refractivity contribution is 6.12. The molecule has 1 aromatic heterocycles. The van der Waals surface area contributed by atoms with Gasteiger partial charge in [-0.15, -0.1) is 0 Å². The van der Waals surface area contributed by atoms with Crippen LogP contribution in [0.2, 0.25) is 0 Å². The lowest BCUT2D eigenvalue weighted by Gasteiger charge is -2.12. The molecule has 120 valence electrons. The predicted molar refractivity (Wildman–Crippen MR) is 90.4 cm³/mol. The second-order valence-electron chi connectivity index (χ2n) is 5.88. The van der Waals surface area contributed by atoms with Crippen molar-refractivity contribution in [2.45, 2.75) is 20.0 Å². The molecular formula is C18H16N4O2. The number of amides is 2. The van der Waals surface area contributed by atoms with Gasteiger partial charge in [-0.1, -0.05) is 36.4 Å². The average molecular weight is 320 g/mol. The molecule has 0 spiro atoms. The second kappa shape index (κ2) is 5.49. The van der Waals surface area contributed by atoms with Crippen LogP contribution in [0.1, 0.15) is 28.5 Å². The van der Waals surface area contributed by atoms with Crippen molar-refractivity contribution >= 4 is 28.4 Å². The third-order valence-electron chi connectivity index (χ3n) is 4.36. The van der Waals surface area contributed by atoms with E-state index in [1.54, 1.807) is 11.0 Å². The normalized spacial score (nSPS) is 13.1. The van der Waals surface area contributed by atoms with Crippen LogP contribution < -0.4 is 5.32 Å². The van der Waals surface area contributed by atoms with Gasteiger partial charge in [0.05, 0.1) is 18.8 Å². The summed E-state index contributed by atoms with van der Waals surface area (Å²) >= 11 is 0. The van der Waals surface area contributed by atoms with Crippen LogP contribution >= 0.6 is 0 Å². The Balaban J connectivity index is 1.63. The van der Waals surface area contributed by atoms with Crippen molar-refractivity contribution in [2.24, 2.45) is 0 Å². The van der Waals surface area contributed by atoms with Crippen molar-refractivity contribution in [3.8, 4) is 0 Å². The Morgan fingerprint density at radius 3 is 2.75 bits per heavy atom. The van der Waals surface area contributed by atoms with Crippen LogP contribution in [-0.4, -0.2) is 26.9 Å². The average Bonchev–Trinajstić information content (AvgIpc) is 3.16. The van der Waals surface area contributed by atoms with Crippen molar-refractivity contribution in [3.05, 3.63) is 59.3 Å². The van der Waals surface area contributed by atoms with Gasteiger partial charge >= 0.3 is 0 Å². The number of nitrogens with zero attached hydrogens (tertiary/aromatic N) is 2. The molecule has 2 amide bonds. The van der Waals surface area contributed by atoms with Gasteiger partial charge < -0.3 is 10.2 Å². The van der Waals surface area contributed by atoms with E-state index in [9.17, 15) is 9.59 Å². The Morgan fingerprint density at radius 1 is 1.12 bits per heavy atom. The van der Waals surface area contributed by atoms with Gasteiger partial charge in [-0.25, -0.2) is 0 Å². The maximum Gasteiger partial charge on any atom is 0.257 e. The van der Waals surface area contributed by atoms with Crippen LogP contribution in [0.4, 0.5) is 5.82 Å². The number of hydrogen-bond donors (Lipinski definition) is 2. The van der Waals surface area contributed by atoms with Gasteiger partial charge in [-0.3, -0.25) is 14.7 Å². The molecule has 0 saturated carbocycles. The summed E-state index contributed by atoms with van der Waals surface area (Å²) in [6, 6.07) is 13.4. The molecule has 24 heavy (non-hydrogen) atoms. The van der Waals surface area contributed by atoms with E-state index in [-0.39, 0.29) is 11.8 Å². The van der Waals surface area contributed by atoms with E-state index in [0.717, 1.165) is 22.0 Å². The number of carbonyl (C=O) groups is 2. The highest BCUT2D eigenvalue weighted by Gasteiger charge is 2.27. The van der Waals surface area contributed by atoms with Crippen LogP contribution in [0.3, 0.4) is 0 Å². The molecule has 0 fully saturated rings. The van der Waals surface area contributed by atoms with E-state index >= 15 is 0 Å². The molecule has 6 heteroatoms. The number of aromatic nitrogens is 2. The second-order valence-corrected chi connectivity index (χ2v) is 5.88. The zero-order valence-corrected chi connectivity index (χ0v) is 13.2. The van der Waals surface area contributed by atoms with Crippen LogP contribution in [0.25, 0.3) is 10.8 Å². The van der Waals surface area contributed by atoms with Crippen molar-refractivity contribution < 1.29 is 9.59 Å². The van der Waals surface area contributed by atoms with E-state index in [1.165, 1.54) is 6.92 Å². The summed E-state index contributed by atoms with van der Waals surface area (Å²) in [6.45, 7) is 2.47. The first-order valence-corrected chi connectivity index (χ1v) is 7.74. The molecule has 2 aromatic carbocycles. The maximum absolute atomic E-state index is 12.7. The molecule has 0 saturated heterocycles. The molecule has 6 nitrogen and oxygen atoms in total. The molecular weight excluding hydrogens is 304 g/mol. The van der Waals surface area contributed by atoms with Gasteiger partial charge in [0.25, 0.3) is 5.91 Å². The summed E-state index contributed by atoms with van der Waals surface area (Å²) in [4.78, 5) is 25.9. The van der Waals surface area contributed by atoms with Crippen LogP contribution in [0.15, 0.2) is 42.5 Å². The smallest absolute Gasteiger partial charge is 0.257 e. The van der Waals surface area contributed by atoms with Crippen LogP contribution in [-0.2, 0) is 17.9 Å². The van der Waals surface area contributed by atoms with E-state index in [4.69, 9.17) is 0 Å². The van der Waals surface area contributed by atoms with Crippen LogP contribution in [0, 0.1) is 0 Å². The number of rotatable bonds is 2. The molecule has 1 aliphatic rings. The first-order valence-electron chi connectivity index (χ1n) is 7.74. The van der Waals surface area contributed by atoms with Gasteiger partial charge in [0.15, 0.2) is 0 Å². The largest absolute Gasteiger partial charge is 0.332 e. The Labute approximate surface area is 138 Å². The lowest BCUT2D eigenvalue weighted by atomic mass is 10.0. The summed E-state index contributed by atoms with van der Waals surface area (Å²) in [5.41, 5.74) is 2.29. The monoisotopic (exact) mass is 320 g/mol. The summed E-state index contributed by atoms with van der Waals surface area (Å²) in [6.07, 6.45) is 0. The van der Waals surface area contributed by atoms with Crippen molar-refractivity contribution in [3.63, 3.8) is 0 Å². The summed E-state index contributed by atoms with van der Waals surface area (Å²) in [5.74, 6) is 0.366. The minimum absolute atomic E-state index is 0.000620. The Kier molecular flexibility index (Phi) is 3.30. The van der Waals surface area contributed by atoms with Gasteiger partial charge in [-0.05, 0) is 16.8 Å². The number of aromatic amines is 1. The SMILES string of the molecule is CC(=O)N1Cc2n[nH]c(NC(=O)c3cccc4ccccc34)c2C1. The molecule has 0 aliphatic carbocycles. The number of anilines is 1. The number of fused-ring (bicyclic) bond motifs is 2. The van der Waals surface area contributed by atoms with E-state index in [1.807, 2.05) is 36.4 Å². The van der Waals surface area contributed by atoms with E-state index in [0.29, 0.717) is 24.5 Å². The van der Waals surface area contributed by atoms with Gasteiger partial charge in [0.1, 0.15) is 5.82 Å².